The summed E-state index contributed by atoms with van der Waals surface area (Å²) in [5.74, 6) is -10.3. The molecular weight excluding hydrogens is 465 g/mol. The molecule has 5 nitrogen and oxygen atoms in total. The normalized spacial score (nSPS) is 11.8. The molecule has 0 fully saturated rings. The Morgan fingerprint density at radius 1 is 0.909 bits per heavy atom. The van der Waals surface area contributed by atoms with E-state index in [9.17, 15) is 30.4 Å². The second kappa shape index (κ2) is 9.50. The van der Waals surface area contributed by atoms with Gasteiger partial charge in [-0.25, -0.2) is 30.4 Å². The van der Waals surface area contributed by atoms with Crippen molar-refractivity contribution in [3.05, 3.63) is 75.9 Å². The molecule has 33 heavy (non-hydrogen) atoms. The van der Waals surface area contributed by atoms with Crippen LogP contribution in [0.25, 0.3) is 0 Å². The maximum absolute atomic E-state index is 14.1. The number of sulfonamides is 1. The van der Waals surface area contributed by atoms with Gasteiger partial charge < -0.3 is 0 Å². The summed E-state index contributed by atoms with van der Waals surface area (Å²) in [5, 5.41) is 4.01. The van der Waals surface area contributed by atoms with Crippen molar-refractivity contribution in [1.82, 2.24) is 9.78 Å². The quantitative estimate of drug-likeness (QED) is 0.263. The number of halogens is 5. The molecule has 3 aromatic rings. The van der Waals surface area contributed by atoms with Gasteiger partial charge in [0.1, 0.15) is 0 Å². The molecule has 0 unspecified atom stereocenters. The lowest BCUT2D eigenvalue weighted by Gasteiger charge is -2.11. The van der Waals surface area contributed by atoms with Crippen molar-refractivity contribution < 1.29 is 30.4 Å². The molecule has 178 valence electrons. The topological polar surface area (TPSA) is 64.0 Å². The first-order chi connectivity index (χ1) is 15.5. The van der Waals surface area contributed by atoms with E-state index >= 15 is 0 Å². The number of aromatic nitrogens is 2. The first kappa shape index (κ1) is 24.7. The maximum Gasteiger partial charge on any atom is 0.262 e. The molecule has 3 rings (SSSR count). The van der Waals surface area contributed by atoms with Crippen LogP contribution in [0.1, 0.15) is 42.3 Å². The van der Waals surface area contributed by atoms with Gasteiger partial charge in [-0.1, -0.05) is 25.5 Å². The minimum atomic E-state index is -4.01. The fraction of sp³-hybridized carbons (Fsp3) is 0.318. The van der Waals surface area contributed by atoms with Crippen LogP contribution in [0.15, 0.2) is 29.2 Å². The van der Waals surface area contributed by atoms with Crippen molar-refractivity contribution in [2.75, 3.05) is 4.72 Å². The van der Waals surface area contributed by atoms with E-state index in [0.717, 1.165) is 29.5 Å². The lowest BCUT2D eigenvalue weighted by atomic mass is 10.1. The summed E-state index contributed by atoms with van der Waals surface area (Å²) in [6, 6.07) is 6.38. The lowest BCUT2D eigenvalue weighted by Crippen LogP contribution is -2.15. The van der Waals surface area contributed by atoms with Crippen molar-refractivity contribution in [2.45, 2.75) is 51.5 Å². The first-order valence-corrected chi connectivity index (χ1v) is 11.6. The van der Waals surface area contributed by atoms with Crippen molar-refractivity contribution in [1.29, 1.82) is 0 Å². The van der Waals surface area contributed by atoms with E-state index in [1.165, 1.54) is 26.0 Å². The van der Waals surface area contributed by atoms with Gasteiger partial charge in [0.15, 0.2) is 23.3 Å². The summed E-state index contributed by atoms with van der Waals surface area (Å²) in [4.78, 5) is 0.00839. The third kappa shape index (κ3) is 4.87. The molecule has 0 saturated carbocycles. The zero-order valence-electron chi connectivity index (χ0n) is 18.1. The number of nitrogens with one attached hydrogen (secondary N) is 1. The van der Waals surface area contributed by atoms with Crippen LogP contribution in [0.4, 0.5) is 27.6 Å². The molecule has 0 amide bonds. The first-order valence-electron chi connectivity index (χ1n) is 10.1. The van der Waals surface area contributed by atoms with E-state index in [4.69, 9.17) is 0 Å². The number of unbranched alkanes of at least 4 members (excludes halogenated alkanes) is 1. The van der Waals surface area contributed by atoms with Crippen LogP contribution < -0.4 is 4.72 Å². The van der Waals surface area contributed by atoms with Crippen LogP contribution in [-0.4, -0.2) is 18.2 Å². The number of nitrogens with zero attached hydrogens (tertiary/aromatic N) is 2. The highest BCUT2D eigenvalue weighted by Gasteiger charge is 2.27. The standard InChI is InChI=1S/C22H22F5N3O2S/c1-4-5-6-14-7-9-15(10-8-14)33(31,32)29-22-12(2)28-30(13(22)3)11-16-17(23)19(25)21(27)20(26)18(16)24/h7-10,29H,4-6,11H2,1-3H3. The second-order valence-corrected chi connectivity index (χ2v) is 9.29. The summed E-state index contributed by atoms with van der Waals surface area (Å²) < 4.78 is 97.4. The van der Waals surface area contributed by atoms with Gasteiger partial charge in [-0.2, -0.15) is 5.10 Å². The Balaban J connectivity index is 1.90. The molecule has 0 radical (unpaired) electrons. The van der Waals surface area contributed by atoms with Crippen molar-refractivity contribution >= 4 is 15.7 Å². The lowest BCUT2D eigenvalue weighted by molar-refractivity contribution is 0.366. The molecule has 0 atom stereocenters. The van der Waals surface area contributed by atoms with Gasteiger partial charge in [-0.15, -0.1) is 0 Å². The Morgan fingerprint density at radius 2 is 1.45 bits per heavy atom. The molecular formula is C22H22F5N3O2S. The summed E-state index contributed by atoms with van der Waals surface area (Å²) in [5.41, 5.74) is 0.279. The third-order valence-corrected chi connectivity index (χ3v) is 6.64. The Morgan fingerprint density at radius 3 is 2.00 bits per heavy atom. The molecule has 0 aliphatic rings. The van der Waals surface area contributed by atoms with E-state index in [1.54, 1.807) is 12.1 Å². The van der Waals surface area contributed by atoms with Crippen LogP contribution in [0.3, 0.4) is 0 Å². The van der Waals surface area contributed by atoms with E-state index in [1.807, 2.05) is 0 Å². The molecule has 0 saturated heterocycles. The van der Waals surface area contributed by atoms with Crippen LogP contribution in [0.5, 0.6) is 0 Å². The molecule has 2 aromatic carbocycles. The van der Waals surface area contributed by atoms with E-state index in [2.05, 4.69) is 16.7 Å². The molecule has 1 heterocycles. The van der Waals surface area contributed by atoms with Gasteiger partial charge >= 0.3 is 0 Å². The maximum atomic E-state index is 14.1. The van der Waals surface area contributed by atoms with E-state index in [-0.39, 0.29) is 22.0 Å². The SMILES string of the molecule is CCCCc1ccc(S(=O)(=O)Nc2c(C)nn(Cc3c(F)c(F)c(F)c(F)c3F)c2C)cc1. The fourth-order valence-electron chi connectivity index (χ4n) is 3.35. The number of benzene rings is 2. The summed E-state index contributed by atoms with van der Waals surface area (Å²) >= 11 is 0. The molecule has 0 bridgehead atoms. The number of rotatable bonds is 8. The van der Waals surface area contributed by atoms with Gasteiger partial charge in [-0.05, 0) is 44.4 Å². The predicted octanol–water partition coefficient (Wildman–Crippen LogP) is 5.39. The average molecular weight is 487 g/mol. The molecule has 1 N–H and O–H groups in total. The Kier molecular flexibility index (Phi) is 7.11. The minimum absolute atomic E-state index is 0.00839. The van der Waals surface area contributed by atoms with E-state index in [0.29, 0.717) is 0 Å². The summed E-state index contributed by atoms with van der Waals surface area (Å²) in [6.45, 7) is 4.14. The van der Waals surface area contributed by atoms with Gasteiger partial charge in [-0.3, -0.25) is 9.40 Å². The Bertz CT molecular complexity index is 1260. The van der Waals surface area contributed by atoms with Crippen molar-refractivity contribution in [3.63, 3.8) is 0 Å². The molecule has 0 aliphatic heterocycles. The minimum Gasteiger partial charge on any atom is -0.276 e. The Hall–Kier alpha value is -2.95. The van der Waals surface area contributed by atoms with Gasteiger partial charge in [0.2, 0.25) is 5.82 Å². The molecule has 0 aliphatic carbocycles. The van der Waals surface area contributed by atoms with Crippen LogP contribution in [0, 0.1) is 42.9 Å². The highest BCUT2D eigenvalue weighted by molar-refractivity contribution is 7.92. The van der Waals surface area contributed by atoms with Crippen molar-refractivity contribution in [2.24, 2.45) is 0 Å². The average Bonchev–Trinajstić information content (AvgIpc) is 3.05. The van der Waals surface area contributed by atoms with Gasteiger partial charge in [0, 0.05) is 0 Å². The van der Waals surface area contributed by atoms with Crippen molar-refractivity contribution in [3.8, 4) is 0 Å². The molecule has 1 aromatic heterocycles. The number of aryl methyl sites for hydroxylation is 2. The number of hydrogen-bond acceptors (Lipinski definition) is 3. The van der Waals surface area contributed by atoms with Gasteiger partial charge in [0.05, 0.1) is 34.1 Å². The predicted molar refractivity (Wildman–Crippen MR) is 113 cm³/mol. The van der Waals surface area contributed by atoms with Crippen LogP contribution >= 0.6 is 0 Å². The molecule has 11 heteroatoms. The number of hydrogen-bond donors (Lipinski definition) is 1. The van der Waals surface area contributed by atoms with Crippen LogP contribution in [0.2, 0.25) is 0 Å². The van der Waals surface area contributed by atoms with Gasteiger partial charge in [0.25, 0.3) is 10.0 Å². The smallest absolute Gasteiger partial charge is 0.262 e. The zero-order valence-corrected chi connectivity index (χ0v) is 19.0. The molecule has 0 spiro atoms. The largest absolute Gasteiger partial charge is 0.276 e. The van der Waals surface area contributed by atoms with E-state index < -0.39 is 51.2 Å². The monoisotopic (exact) mass is 487 g/mol. The highest BCUT2D eigenvalue weighted by atomic mass is 32.2. The fourth-order valence-corrected chi connectivity index (χ4v) is 4.52. The second-order valence-electron chi connectivity index (χ2n) is 7.60. The van der Waals surface area contributed by atoms with Crippen LogP contribution in [-0.2, 0) is 23.0 Å². The number of anilines is 1. The third-order valence-electron chi connectivity index (χ3n) is 5.28. The summed E-state index contributed by atoms with van der Waals surface area (Å²) in [6.07, 6.45) is 2.81. The highest BCUT2D eigenvalue weighted by Crippen LogP contribution is 2.27. The zero-order chi connectivity index (χ0) is 24.5. The Labute approximate surface area is 188 Å². The summed E-state index contributed by atoms with van der Waals surface area (Å²) in [7, 11) is -4.01.